The van der Waals surface area contributed by atoms with Crippen molar-refractivity contribution < 1.29 is 14.7 Å². The largest absolute Gasteiger partial charge is 0.465 e. The lowest BCUT2D eigenvalue weighted by molar-refractivity contribution is -0.125. The van der Waals surface area contributed by atoms with Gasteiger partial charge in [-0.2, -0.15) is 0 Å². The first-order chi connectivity index (χ1) is 10.2. The molecule has 0 fully saturated rings. The molecule has 22 heavy (non-hydrogen) atoms. The average Bonchev–Trinajstić information content (AvgIpc) is 2.42. The fourth-order valence-electron chi connectivity index (χ4n) is 2.04. The molecule has 0 saturated heterocycles. The van der Waals surface area contributed by atoms with Gasteiger partial charge in [-0.3, -0.25) is 9.69 Å². The number of aromatic nitrogens is 2. The van der Waals surface area contributed by atoms with Crippen LogP contribution in [0.5, 0.6) is 0 Å². The highest BCUT2D eigenvalue weighted by atomic mass is 16.4. The lowest BCUT2D eigenvalue weighted by Crippen LogP contribution is -2.54. The Kier molecular flexibility index (Phi) is 6.03. The van der Waals surface area contributed by atoms with Gasteiger partial charge < -0.3 is 10.4 Å². The molecule has 0 aromatic carbocycles. The van der Waals surface area contributed by atoms with Crippen LogP contribution in [-0.4, -0.2) is 43.6 Å². The van der Waals surface area contributed by atoms with Crippen LogP contribution in [0.4, 0.5) is 4.79 Å². The highest BCUT2D eigenvalue weighted by Crippen LogP contribution is 2.17. The number of carbonyl (C=O) groups excluding carboxylic acids is 1. The molecule has 0 unspecified atom stereocenters. The van der Waals surface area contributed by atoms with Gasteiger partial charge in [0.15, 0.2) is 0 Å². The monoisotopic (exact) mass is 306 g/mol. The molecular formula is C15H22N4O3. The zero-order chi connectivity index (χ0) is 16.8. The SMILES string of the molecule is C[C@H](C(=O)NC=CCc1cncnc1)N(C(=O)O)C(C)(C)C. The number of nitrogens with one attached hydrogen (secondary N) is 1. The minimum absolute atomic E-state index is 0.377. The molecule has 0 spiro atoms. The van der Waals surface area contributed by atoms with Gasteiger partial charge in [0.2, 0.25) is 5.91 Å². The Morgan fingerprint density at radius 1 is 1.36 bits per heavy atom. The molecular weight excluding hydrogens is 284 g/mol. The van der Waals surface area contributed by atoms with E-state index in [1.54, 1.807) is 46.2 Å². The van der Waals surface area contributed by atoms with E-state index in [1.807, 2.05) is 0 Å². The summed E-state index contributed by atoms with van der Waals surface area (Å²) in [6.07, 6.45) is 7.54. The summed E-state index contributed by atoms with van der Waals surface area (Å²) in [5.41, 5.74) is 0.260. The first kappa shape index (κ1) is 17.6. The lowest BCUT2D eigenvalue weighted by atomic mass is 10.0. The smallest absolute Gasteiger partial charge is 0.408 e. The molecule has 7 nitrogen and oxygen atoms in total. The van der Waals surface area contributed by atoms with E-state index < -0.39 is 17.7 Å². The summed E-state index contributed by atoms with van der Waals surface area (Å²) >= 11 is 0. The van der Waals surface area contributed by atoms with Gasteiger partial charge in [0.1, 0.15) is 12.4 Å². The van der Waals surface area contributed by atoms with Crippen LogP contribution in [0.15, 0.2) is 31.0 Å². The zero-order valence-corrected chi connectivity index (χ0v) is 13.3. The van der Waals surface area contributed by atoms with Crippen molar-refractivity contribution in [2.45, 2.75) is 45.7 Å². The Morgan fingerprint density at radius 3 is 2.45 bits per heavy atom. The number of allylic oxidation sites excluding steroid dienone is 1. The number of carboxylic acid groups (broad SMARTS) is 1. The first-order valence-corrected chi connectivity index (χ1v) is 6.95. The van der Waals surface area contributed by atoms with Crippen molar-refractivity contribution in [1.29, 1.82) is 0 Å². The van der Waals surface area contributed by atoms with Crippen molar-refractivity contribution in [1.82, 2.24) is 20.2 Å². The predicted octanol–water partition coefficient (Wildman–Crippen LogP) is 1.82. The summed E-state index contributed by atoms with van der Waals surface area (Å²) in [5, 5.41) is 11.9. The molecule has 0 radical (unpaired) electrons. The molecule has 0 aliphatic rings. The third-order valence-corrected chi connectivity index (χ3v) is 3.01. The minimum atomic E-state index is -1.12. The molecule has 2 N–H and O–H groups in total. The van der Waals surface area contributed by atoms with E-state index >= 15 is 0 Å². The maximum atomic E-state index is 12.1. The van der Waals surface area contributed by atoms with Crippen LogP contribution in [0.3, 0.4) is 0 Å². The van der Waals surface area contributed by atoms with E-state index in [1.165, 1.54) is 12.5 Å². The summed E-state index contributed by atoms with van der Waals surface area (Å²) in [6.45, 7) is 6.80. The summed E-state index contributed by atoms with van der Waals surface area (Å²) < 4.78 is 0. The second-order valence-corrected chi connectivity index (χ2v) is 5.86. The van der Waals surface area contributed by atoms with E-state index in [0.29, 0.717) is 6.42 Å². The normalized spacial score (nSPS) is 12.9. The van der Waals surface area contributed by atoms with Gasteiger partial charge in [0.25, 0.3) is 0 Å². The van der Waals surface area contributed by atoms with Gasteiger partial charge in [-0.25, -0.2) is 14.8 Å². The molecule has 0 saturated carbocycles. The van der Waals surface area contributed by atoms with Gasteiger partial charge in [-0.1, -0.05) is 6.08 Å². The summed E-state index contributed by atoms with van der Waals surface area (Å²) in [5.74, 6) is -0.377. The highest BCUT2D eigenvalue weighted by Gasteiger charge is 2.34. The van der Waals surface area contributed by atoms with Gasteiger partial charge >= 0.3 is 6.09 Å². The molecule has 7 heteroatoms. The summed E-state index contributed by atoms with van der Waals surface area (Å²) in [6, 6.07) is -0.790. The van der Waals surface area contributed by atoms with Crippen molar-refractivity contribution in [3.63, 3.8) is 0 Å². The van der Waals surface area contributed by atoms with E-state index in [-0.39, 0.29) is 5.91 Å². The van der Waals surface area contributed by atoms with E-state index in [4.69, 9.17) is 0 Å². The maximum Gasteiger partial charge on any atom is 0.408 e. The summed E-state index contributed by atoms with van der Waals surface area (Å²) in [7, 11) is 0. The van der Waals surface area contributed by atoms with Gasteiger partial charge in [-0.05, 0) is 39.7 Å². The number of hydrogen-bond donors (Lipinski definition) is 2. The quantitative estimate of drug-likeness (QED) is 0.865. The average molecular weight is 306 g/mol. The molecule has 120 valence electrons. The van der Waals surface area contributed by atoms with Crippen molar-refractivity contribution in [2.75, 3.05) is 0 Å². The van der Waals surface area contributed by atoms with Crippen LogP contribution >= 0.6 is 0 Å². The van der Waals surface area contributed by atoms with Gasteiger partial charge in [0, 0.05) is 24.1 Å². The second-order valence-electron chi connectivity index (χ2n) is 5.86. The van der Waals surface area contributed by atoms with Crippen molar-refractivity contribution >= 4 is 12.0 Å². The van der Waals surface area contributed by atoms with Gasteiger partial charge in [-0.15, -0.1) is 0 Å². The minimum Gasteiger partial charge on any atom is -0.465 e. The Balaban J connectivity index is 2.58. The number of carbonyl (C=O) groups is 2. The molecule has 1 atom stereocenters. The third-order valence-electron chi connectivity index (χ3n) is 3.01. The van der Waals surface area contributed by atoms with Crippen molar-refractivity contribution in [2.24, 2.45) is 0 Å². The topological polar surface area (TPSA) is 95.4 Å². The van der Waals surface area contributed by atoms with Crippen LogP contribution in [-0.2, 0) is 11.2 Å². The lowest BCUT2D eigenvalue weighted by Gasteiger charge is -2.36. The number of rotatable bonds is 5. The molecule has 0 aliphatic heterocycles. The van der Waals surface area contributed by atoms with Crippen LogP contribution in [0.2, 0.25) is 0 Å². The molecule has 1 heterocycles. The Morgan fingerprint density at radius 2 is 1.95 bits per heavy atom. The molecule has 0 aliphatic carbocycles. The maximum absolute atomic E-state index is 12.1. The second kappa shape index (κ2) is 7.53. The zero-order valence-electron chi connectivity index (χ0n) is 13.3. The Labute approximate surface area is 130 Å². The van der Waals surface area contributed by atoms with E-state index in [0.717, 1.165) is 10.5 Å². The van der Waals surface area contributed by atoms with Crippen LogP contribution in [0, 0.1) is 0 Å². The van der Waals surface area contributed by atoms with Crippen LogP contribution in [0.1, 0.15) is 33.3 Å². The van der Waals surface area contributed by atoms with E-state index in [9.17, 15) is 14.7 Å². The Hall–Kier alpha value is -2.44. The first-order valence-electron chi connectivity index (χ1n) is 6.95. The number of amides is 2. The molecule has 2 amide bonds. The van der Waals surface area contributed by atoms with E-state index in [2.05, 4.69) is 15.3 Å². The molecule has 0 bridgehead atoms. The number of nitrogens with zero attached hydrogens (tertiary/aromatic N) is 3. The predicted molar refractivity (Wildman–Crippen MR) is 82.1 cm³/mol. The standard InChI is InChI=1S/C15H22N4O3/c1-11(19(14(21)22)15(2,3)4)13(20)18-7-5-6-12-8-16-10-17-9-12/h5,7-11H,6H2,1-4H3,(H,18,20)(H,21,22)/t11-/m1/s1. The highest BCUT2D eigenvalue weighted by molar-refractivity contribution is 5.85. The van der Waals surface area contributed by atoms with Crippen molar-refractivity contribution in [3.8, 4) is 0 Å². The molecule has 1 aromatic heterocycles. The molecule has 1 rings (SSSR count). The van der Waals surface area contributed by atoms with Crippen LogP contribution in [0.25, 0.3) is 0 Å². The van der Waals surface area contributed by atoms with Crippen molar-refractivity contribution in [3.05, 3.63) is 36.6 Å². The molecule has 1 aromatic rings. The fourth-order valence-corrected chi connectivity index (χ4v) is 2.04. The fraction of sp³-hybridized carbons (Fsp3) is 0.467. The third kappa shape index (κ3) is 5.16. The number of hydrogen-bond acceptors (Lipinski definition) is 4. The van der Waals surface area contributed by atoms with Crippen LogP contribution < -0.4 is 5.32 Å². The Bertz CT molecular complexity index is 537. The van der Waals surface area contributed by atoms with Gasteiger partial charge in [0.05, 0.1) is 0 Å². The summed E-state index contributed by atoms with van der Waals surface area (Å²) in [4.78, 5) is 32.3.